The summed E-state index contributed by atoms with van der Waals surface area (Å²) >= 11 is 1.65. The highest BCUT2D eigenvalue weighted by atomic mass is 32.1. The van der Waals surface area contributed by atoms with Crippen molar-refractivity contribution in [1.82, 2.24) is 10.2 Å². The first-order chi connectivity index (χ1) is 10.1. The molecule has 0 radical (unpaired) electrons. The number of anilines is 1. The van der Waals surface area contributed by atoms with Crippen molar-refractivity contribution in [1.29, 1.82) is 0 Å². The van der Waals surface area contributed by atoms with Gasteiger partial charge in [0.1, 0.15) is 10.8 Å². The minimum atomic E-state index is 0.318. The number of ether oxygens (including phenoxy) is 1. The monoisotopic (exact) mass is 305 g/mol. The molecule has 114 valence electrons. The summed E-state index contributed by atoms with van der Waals surface area (Å²) in [4.78, 5) is 0. The maximum absolute atomic E-state index is 5.17. The average molecular weight is 305 g/mol. The zero-order valence-corrected chi connectivity index (χ0v) is 13.9. The third-order valence-electron chi connectivity index (χ3n) is 3.12. The van der Waals surface area contributed by atoms with Gasteiger partial charge in [0.2, 0.25) is 5.13 Å². The topological polar surface area (TPSA) is 47.0 Å². The fraction of sp³-hybridized carbons (Fsp3) is 0.500. The van der Waals surface area contributed by atoms with Crippen molar-refractivity contribution in [2.75, 3.05) is 12.4 Å². The van der Waals surface area contributed by atoms with Crippen LogP contribution in [0, 0.1) is 5.92 Å². The molecule has 1 N–H and O–H groups in total. The van der Waals surface area contributed by atoms with E-state index in [1.165, 1.54) is 5.56 Å². The molecule has 2 aromatic rings. The maximum Gasteiger partial charge on any atom is 0.205 e. The molecule has 0 fully saturated rings. The molecule has 1 aromatic carbocycles. The molecule has 0 spiro atoms. The van der Waals surface area contributed by atoms with Crippen LogP contribution in [0.25, 0.3) is 0 Å². The van der Waals surface area contributed by atoms with Gasteiger partial charge >= 0.3 is 0 Å². The molecule has 1 atom stereocenters. The standard InChI is InChI=1S/C16H23N3OS/c1-11(2)9-15-18-19-16(21-15)17-12(3)10-13-5-7-14(20-4)8-6-13/h5-8,11-12H,9-10H2,1-4H3,(H,17,19). The van der Waals surface area contributed by atoms with Crippen LogP contribution in [0.2, 0.25) is 0 Å². The Morgan fingerprint density at radius 1 is 1.10 bits per heavy atom. The molecule has 21 heavy (non-hydrogen) atoms. The van der Waals surface area contributed by atoms with E-state index in [9.17, 15) is 0 Å². The Kier molecular flexibility index (Phi) is 5.56. The van der Waals surface area contributed by atoms with Crippen LogP contribution in [0.15, 0.2) is 24.3 Å². The molecule has 0 amide bonds. The number of aromatic nitrogens is 2. The lowest BCUT2D eigenvalue weighted by atomic mass is 10.1. The average Bonchev–Trinajstić information content (AvgIpc) is 2.85. The summed E-state index contributed by atoms with van der Waals surface area (Å²) in [5.74, 6) is 1.50. The predicted octanol–water partition coefficient (Wildman–Crippen LogP) is 3.79. The van der Waals surface area contributed by atoms with Gasteiger partial charge in [0.05, 0.1) is 7.11 Å². The van der Waals surface area contributed by atoms with Crippen LogP contribution in [0.1, 0.15) is 31.3 Å². The first kappa shape index (κ1) is 15.8. The molecule has 0 aliphatic carbocycles. The van der Waals surface area contributed by atoms with E-state index in [4.69, 9.17) is 4.74 Å². The van der Waals surface area contributed by atoms with Gasteiger partial charge in [-0.05, 0) is 37.0 Å². The summed E-state index contributed by atoms with van der Waals surface area (Å²) in [5.41, 5.74) is 1.28. The van der Waals surface area contributed by atoms with Gasteiger partial charge < -0.3 is 10.1 Å². The molecular formula is C16H23N3OS. The fourth-order valence-electron chi connectivity index (χ4n) is 2.12. The van der Waals surface area contributed by atoms with Gasteiger partial charge in [-0.1, -0.05) is 37.3 Å². The van der Waals surface area contributed by atoms with Crippen molar-refractivity contribution >= 4 is 16.5 Å². The second-order valence-corrected chi connectivity index (χ2v) is 6.76. The number of methoxy groups -OCH3 is 1. The van der Waals surface area contributed by atoms with Crippen LogP contribution >= 0.6 is 11.3 Å². The van der Waals surface area contributed by atoms with Crippen LogP contribution in [0.5, 0.6) is 5.75 Å². The van der Waals surface area contributed by atoms with E-state index in [0.29, 0.717) is 12.0 Å². The smallest absolute Gasteiger partial charge is 0.205 e. The molecule has 0 bridgehead atoms. The lowest BCUT2D eigenvalue weighted by molar-refractivity contribution is 0.414. The van der Waals surface area contributed by atoms with Gasteiger partial charge in [-0.15, -0.1) is 10.2 Å². The van der Waals surface area contributed by atoms with Gasteiger partial charge in [-0.2, -0.15) is 0 Å². The molecule has 0 aliphatic rings. The molecule has 1 aromatic heterocycles. The van der Waals surface area contributed by atoms with Gasteiger partial charge in [-0.3, -0.25) is 0 Å². The maximum atomic E-state index is 5.17. The molecule has 2 rings (SSSR count). The van der Waals surface area contributed by atoms with E-state index in [1.807, 2.05) is 12.1 Å². The second-order valence-electron chi connectivity index (χ2n) is 5.70. The highest BCUT2D eigenvalue weighted by Crippen LogP contribution is 2.20. The zero-order valence-electron chi connectivity index (χ0n) is 13.1. The largest absolute Gasteiger partial charge is 0.497 e. The summed E-state index contributed by atoms with van der Waals surface area (Å²) in [6, 6.07) is 8.50. The Balaban J connectivity index is 1.88. The number of benzene rings is 1. The van der Waals surface area contributed by atoms with Crippen molar-refractivity contribution < 1.29 is 4.74 Å². The lowest BCUT2D eigenvalue weighted by Crippen LogP contribution is -2.17. The Morgan fingerprint density at radius 2 is 1.81 bits per heavy atom. The van der Waals surface area contributed by atoms with Crippen LogP contribution in [0.3, 0.4) is 0 Å². The number of nitrogens with one attached hydrogen (secondary N) is 1. The number of rotatable bonds is 7. The highest BCUT2D eigenvalue weighted by Gasteiger charge is 2.09. The van der Waals surface area contributed by atoms with Crippen molar-refractivity contribution in [2.45, 2.75) is 39.7 Å². The van der Waals surface area contributed by atoms with Crippen LogP contribution < -0.4 is 10.1 Å². The van der Waals surface area contributed by atoms with E-state index in [1.54, 1.807) is 18.4 Å². The molecule has 4 nitrogen and oxygen atoms in total. The second kappa shape index (κ2) is 7.41. The Morgan fingerprint density at radius 3 is 2.43 bits per heavy atom. The third kappa shape index (κ3) is 5.01. The molecule has 5 heteroatoms. The molecule has 0 aliphatic heterocycles. The Labute approximate surface area is 130 Å². The quantitative estimate of drug-likeness (QED) is 0.845. The Bertz CT molecular complexity index is 551. The number of nitrogens with zero attached hydrogens (tertiary/aromatic N) is 2. The minimum absolute atomic E-state index is 0.318. The fourth-order valence-corrected chi connectivity index (χ4v) is 3.18. The lowest BCUT2D eigenvalue weighted by Gasteiger charge is -2.12. The predicted molar refractivity (Wildman–Crippen MR) is 88.2 cm³/mol. The summed E-state index contributed by atoms with van der Waals surface area (Å²) in [6.45, 7) is 6.55. The van der Waals surface area contributed by atoms with E-state index in [0.717, 1.165) is 28.7 Å². The van der Waals surface area contributed by atoms with Crippen LogP contribution in [-0.2, 0) is 12.8 Å². The summed E-state index contributed by atoms with van der Waals surface area (Å²) in [6.07, 6.45) is 1.94. The zero-order chi connectivity index (χ0) is 15.2. The highest BCUT2D eigenvalue weighted by molar-refractivity contribution is 7.15. The first-order valence-corrected chi connectivity index (χ1v) is 8.10. The molecule has 1 heterocycles. The van der Waals surface area contributed by atoms with Crippen molar-refractivity contribution in [3.8, 4) is 5.75 Å². The summed E-state index contributed by atoms with van der Waals surface area (Å²) in [5, 5.41) is 13.9. The van der Waals surface area contributed by atoms with Crippen LogP contribution in [0.4, 0.5) is 5.13 Å². The SMILES string of the molecule is COc1ccc(CC(C)Nc2nnc(CC(C)C)s2)cc1. The van der Waals surface area contributed by atoms with Crippen molar-refractivity contribution in [3.63, 3.8) is 0 Å². The third-order valence-corrected chi connectivity index (χ3v) is 4.00. The van der Waals surface area contributed by atoms with Crippen molar-refractivity contribution in [3.05, 3.63) is 34.8 Å². The normalized spacial score (nSPS) is 12.4. The molecule has 0 saturated carbocycles. The van der Waals surface area contributed by atoms with E-state index < -0.39 is 0 Å². The summed E-state index contributed by atoms with van der Waals surface area (Å²) < 4.78 is 5.17. The number of hydrogen-bond acceptors (Lipinski definition) is 5. The number of hydrogen-bond donors (Lipinski definition) is 1. The van der Waals surface area contributed by atoms with Crippen molar-refractivity contribution in [2.24, 2.45) is 5.92 Å². The molecular weight excluding hydrogens is 282 g/mol. The summed E-state index contributed by atoms with van der Waals surface area (Å²) in [7, 11) is 1.68. The van der Waals surface area contributed by atoms with Gasteiger partial charge in [0, 0.05) is 12.5 Å². The Hall–Kier alpha value is -1.62. The molecule has 1 unspecified atom stereocenters. The van der Waals surface area contributed by atoms with Gasteiger partial charge in [0.15, 0.2) is 0 Å². The molecule has 0 saturated heterocycles. The van der Waals surface area contributed by atoms with Crippen LogP contribution in [-0.4, -0.2) is 23.3 Å². The van der Waals surface area contributed by atoms with Gasteiger partial charge in [0.25, 0.3) is 0 Å². The minimum Gasteiger partial charge on any atom is -0.497 e. The van der Waals surface area contributed by atoms with E-state index in [2.05, 4.69) is 48.4 Å². The van der Waals surface area contributed by atoms with Gasteiger partial charge in [-0.25, -0.2) is 0 Å². The van der Waals surface area contributed by atoms with E-state index >= 15 is 0 Å². The van der Waals surface area contributed by atoms with E-state index in [-0.39, 0.29) is 0 Å². The first-order valence-electron chi connectivity index (χ1n) is 7.28.